The van der Waals surface area contributed by atoms with Crippen molar-refractivity contribution in [3.8, 4) is 23.8 Å². The van der Waals surface area contributed by atoms with Crippen molar-refractivity contribution in [3.05, 3.63) is 47.2 Å². The normalized spacial score (nSPS) is 12.4. The summed E-state index contributed by atoms with van der Waals surface area (Å²) in [6.45, 7) is 0.296. The summed E-state index contributed by atoms with van der Waals surface area (Å²) in [4.78, 5) is 3.98. The number of rotatable bonds is 2. The van der Waals surface area contributed by atoms with Crippen LogP contribution >= 0.6 is 0 Å². The first-order chi connectivity index (χ1) is 10.2. The first-order valence-electron chi connectivity index (χ1n) is 6.13. The molecule has 0 atom stereocenters. The smallest absolute Gasteiger partial charge is 0.438 e. The SMILES string of the molecule is N#Cc1ccc(C#N)c(Oc2ccc3c(c2)COB3O)n1. The van der Waals surface area contributed by atoms with Crippen LogP contribution in [-0.2, 0) is 11.3 Å². The van der Waals surface area contributed by atoms with E-state index in [2.05, 4.69) is 4.98 Å². The molecule has 0 bridgehead atoms. The molecule has 1 aliphatic rings. The molecule has 0 fully saturated rings. The summed E-state index contributed by atoms with van der Waals surface area (Å²) in [6.07, 6.45) is 0. The Balaban J connectivity index is 1.94. The van der Waals surface area contributed by atoms with Crippen molar-refractivity contribution < 1.29 is 14.4 Å². The molecule has 1 aliphatic heterocycles. The molecule has 0 radical (unpaired) electrons. The van der Waals surface area contributed by atoms with Crippen LogP contribution in [0.15, 0.2) is 30.3 Å². The number of fused-ring (bicyclic) bond motifs is 1. The fourth-order valence-electron chi connectivity index (χ4n) is 2.05. The summed E-state index contributed by atoms with van der Waals surface area (Å²) in [5.74, 6) is 0.543. The molecule has 6 nitrogen and oxygen atoms in total. The van der Waals surface area contributed by atoms with E-state index in [1.54, 1.807) is 18.2 Å². The number of ether oxygens (including phenoxy) is 1. The van der Waals surface area contributed by atoms with Gasteiger partial charge in [-0.1, -0.05) is 6.07 Å². The van der Waals surface area contributed by atoms with Crippen molar-refractivity contribution in [2.24, 2.45) is 0 Å². The van der Waals surface area contributed by atoms with Gasteiger partial charge in [-0.05, 0) is 35.3 Å². The van der Waals surface area contributed by atoms with E-state index < -0.39 is 7.12 Å². The van der Waals surface area contributed by atoms with Gasteiger partial charge in [0.1, 0.15) is 29.1 Å². The molecule has 2 aromatic rings. The lowest BCUT2D eigenvalue weighted by Crippen LogP contribution is -2.27. The van der Waals surface area contributed by atoms with Gasteiger partial charge in [0.05, 0.1) is 6.61 Å². The monoisotopic (exact) mass is 277 g/mol. The zero-order valence-electron chi connectivity index (χ0n) is 10.8. The van der Waals surface area contributed by atoms with Crippen LogP contribution in [0.5, 0.6) is 11.6 Å². The summed E-state index contributed by atoms with van der Waals surface area (Å²) < 4.78 is 10.7. The number of aromatic nitrogens is 1. The van der Waals surface area contributed by atoms with Gasteiger partial charge in [-0.2, -0.15) is 10.5 Å². The van der Waals surface area contributed by atoms with E-state index in [4.69, 9.17) is 19.9 Å². The van der Waals surface area contributed by atoms with Crippen LogP contribution in [0.4, 0.5) is 0 Å². The maximum atomic E-state index is 9.56. The lowest BCUT2D eigenvalue weighted by Gasteiger charge is -2.08. The topological polar surface area (TPSA) is 99.2 Å². The average Bonchev–Trinajstić information content (AvgIpc) is 2.88. The van der Waals surface area contributed by atoms with Gasteiger partial charge in [-0.25, -0.2) is 4.98 Å². The van der Waals surface area contributed by atoms with E-state index in [0.717, 1.165) is 5.56 Å². The van der Waals surface area contributed by atoms with E-state index >= 15 is 0 Å². The number of nitriles is 2. The largest absolute Gasteiger partial charge is 0.491 e. The third-order valence-electron chi connectivity index (χ3n) is 3.09. The predicted molar refractivity (Wildman–Crippen MR) is 72.6 cm³/mol. The lowest BCUT2D eigenvalue weighted by molar-refractivity contribution is 0.275. The Morgan fingerprint density at radius 1 is 1.24 bits per heavy atom. The Morgan fingerprint density at radius 2 is 2.10 bits per heavy atom. The maximum Gasteiger partial charge on any atom is 0.491 e. The molecule has 0 spiro atoms. The van der Waals surface area contributed by atoms with Gasteiger partial charge in [-0.3, -0.25) is 0 Å². The second-order valence-electron chi connectivity index (χ2n) is 4.40. The van der Waals surface area contributed by atoms with Gasteiger partial charge in [0.25, 0.3) is 0 Å². The molecule has 21 heavy (non-hydrogen) atoms. The van der Waals surface area contributed by atoms with E-state index in [0.29, 0.717) is 17.8 Å². The number of hydrogen-bond donors (Lipinski definition) is 1. The third-order valence-corrected chi connectivity index (χ3v) is 3.09. The molecule has 0 saturated carbocycles. The summed E-state index contributed by atoms with van der Waals surface area (Å²) in [7, 11) is -0.913. The van der Waals surface area contributed by atoms with Gasteiger partial charge in [0.15, 0.2) is 0 Å². The first kappa shape index (κ1) is 13.1. The van der Waals surface area contributed by atoms with Gasteiger partial charge in [0.2, 0.25) is 5.88 Å². The number of pyridine rings is 1. The molecule has 0 saturated heterocycles. The highest BCUT2D eigenvalue weighted by molar-refractivity contribution is 6.61. The van der Waals surface area contributed by atoms with Crippen molar-refractivity contribution in [2.45, 2.75) is 6.61 Å². The van der Waals surface area contributed by atoms with Gasteiger partial charge >= 0.3 is 7.12 Å². The zero-order chi connectivity index (χ0) is 14.8. The van der Waals surface area contributed by atoms with Crippen molar-refractivity contribution in [2.75, 3.05) is 0 Å². The van der Waals surface area contributed by atoms with Crippen molar-refractivity contribution in [3.63, 3.8) is 0 Å². The fourth-order valence-corrected chi connectivity index (χ4v) is 2.05. The molecule has 0 unspecified atom stereocenters. The predicted octanol–water partition coefficient (Wildman–Crippen LogP) is 0.835. The standard InChI is InChI=1S/C14H8BN3O3/c16-6-9-1-2-11(7-17)18-14(9)21-12-3-4-13-10(5-12)8-20-15(13)19/h1-5,19H,8H2. The van der Waals surface area contributed by atoms with Crippen molar-refractivity contribution in [1.82, 2.24) is 4.98 Å². The molecule has 2 heterocycles. The molecule has 7 heteroatoms. The minimum Gasteiger partial charge on any atom is -0.438 e. The quantitative estimate of drug-likeness (QED) is 0.816. The van der Waals surface area contributed by atoms with Crippen molar-refractivity contribution in [1.29, 1.82) is 10.5 Å². The summed E-state index contributed by atoms with van der Waals surface area (Å²) in [5.41, 5.74) is 1.92. The molecule has 0 amide bonds. The fraction of sp³-hybridized carbons (Fsp3) is 0.0714. The second kappa shape index (κ2) is 5.26. The van der Waals surface area contributed by atoms with E-state index in [9.17, 15) is 5.02 Å². The minimum atomic E-state index is -0.913. The Labute approximate surface area is 120 Å². The Bertz CT molecular complexity index is 795. The van der Waals surface area contributed by atoms with Crippen LogP contribution in [0.3, 0.4) is 0 Å². The maximum absolute atomic E-state index is 9.56. The van der Waals surface area contributed by atoms with Crippen molar-refractivity contribution >= 4 is 12.6 Å². The van der Waals surface area contributed by atoms with Crippen LogP contribution in [-0.4, -0.2) is 17.1 Å². The van der Waals surface area contributed by atoms with Crippen LogP contribution < -0.4 is 10.2 Å². The number of nitrogens with zero attached hydrogens (tertiary/aromatic N) is 3. The highest BCUT2D eigenvalue weighted by Crippen LogP contribution is 2.25. The summed E-state index contributed by atoms with van der Waals surface area (Å²) >= 11 is 0. The Hall–Kier alpha value is -2.87. The van der Waals surface area contributed by atoms with Crippen LogP contribution in [0, 0.1) is 22.7 Å². The van der Waals surface area contributed by atoms with Gasteiger partial charge < -0.3 is 14.4 Å². The molecule has 0 aliphatic carbocycles. The number of benzene rings is 1. The third kappa shape index (κ3) is 2.44. The van der Waals surface area contributed by atoms with Crippen LogP contribution in [0.2, 0.25) is 0 Å². The molecular weight excluding hydrogens is 269 g/mol. The number of hydrogen-bond acceptors (Lipinski definition) is 6. The Kier molecular flexibility index (Phi) is 3.29. The lowest BCUT2D eigenvalue weighted by atomic mass is 9.80. The van der Waals surface area contributed by atoms with E-state index in [1.807, 2.05) is 12.1 Å². The van der Waals surface area contributed by atoms with Crippen LogP contribution in [0.1, 0.15) is 16.8 Å². The summed E-state index contributed by atoms with van der Waals surface area (Å²) in [6, 6.07) is 11.9. The molecule has 1 N–H and O–H groups in total. The zero-order valence-corrected chi connectivity index (χ0v) is 10.8. The van der Waals surface area contributed by atoms with E-state index in [-0.39, 0.29) is 17.1 Å². The molecule has 100 valence electrons. The molecule has 1 aromatic heterocycles. The summed E-state index contributed by atoms with van der Waals surface area (Å²) in [5, 5.41) is 27.5. The average molecular weight is 277 g/mol. The first-order valence-corrected chi connectivity index (χ1v) is 6.13. The van der Waals surface area contributed by atoms with Gasteiger partial charge in [-0.15, -0.1) is 0 Å². The van der Waals surface area contributed by atoms with Crippen LogP contribution in [0.25, 0.3) is 0 Å². The van der Waals surface area contributed by atoms with E-state index in [1.165, 1.54) is 12.1 Å². The van der Waals surface area contributed by atoms with Gasteiger partial charge in [0, 0.05) is 0 Å². The highest BCUT2D eigenvalue weighted by Gasteiger charge is 2.27. The highest BCUT2D eigenvalue weighted by atomic mass is 16.5. The molecule has 3 rings (SSSR count). The minimum absolute atomic E-state index is 0.0796. The Morgan fingerprint density at radius 3 is 2.86 bits per heavy atom. The molecular formula is C14H8BN3O3. The molecule has 1 aromatic carbocycles. The second-order valence-corrected chi connectivity index (χ2v) is 4.40.